The molecule has 6 heteroatoms. The van der Waals surface area contributed by atoms with E-state index >= 15 is 0 Å². The first-order valence-electron chi connectivity index (χ1n) is 6.26. The first-order valence-corrected chi connectivity index (χ1v) is 6.26. The van der Waals surface area contributed by atoms with Crippen molar-refractivity contribution in [3.63, 3.8) is 0 Å². The van der Waals surface area contributed by atoms with Crippen molar-refractivity contribution in [1.82, 2.24) is 14.8 Å². The molecule has 1 aromatic carbocycles. The molecule has 1 heterocycles. The van der Waals surface area contributed by atoms with Gasteiger partial charge in [-0.05, 0) is 6.07 Å². The summed E-state index contributed by atoms with van der Waals surface area (Å²) in [5.41, 5.74) is 0.0477. The third-order valence-electron chi connectivity index (χ3n) is 2.94. The molecule has 0 radical (unpaired) electrons. The van der Waals surface area contributed by atoms with Gasteiger partial charge in [-0.2, -0.15) is 13.9 Å². The molecule has 20 heavy (non-hydrogen) atoms. The third-order valence-corrected chi connectivity index (χ3v) is 2.94. The Morgan fingerprint density at radius 3 is 2.50 bits per heavy atom. The molecule has 0 bridgehead atoms. The van der Waals surface area contributed by atoms with Gasteiger partial charge in [0.2, 0.25) is 0 Å². The van der Waals surface area contributed by atoms with Crippen LogP contribution in [0.1, 0.15) is 26.3 Å². The van der Waals surface area contributed by atoms with Crippen molar-refractivity contribution >= 4 is 0 Å². The molecule has 0 amide bonds. The first kappa shape index (κ1) is 14.6. The molecule has 0 spiro atoms. The van der Waals surface area contributed by atoms with E-state index in [1.807, 2.05) is 6.07 Å². The number of aromatic nitrogens is 3. The number of rotatable bonds is 4. The van der Waals surface area contributed by atoms with Crippen LogP contribution in [-0.2, 0) is 11.3 Å². The number of halogens is 2. The number of benzene rings is 1. The minimum atomic E-state index is -3.21. The van der Waals surface area contributed by atoms with Gasteiger partial charge in [-0.15, -0.1) is 0 Å². The van der Waals surface area contributed by atoms with Crippen LogP contribution in [0.5, 0.6) is 0 Å². The Morgan fingerprint density at radius 2 is 1.90 bits per heavy atom. The first-order chi connectivity index (χ1) is 9.31. The molecule has 0 aliphatic rings. The summed E-state index contributed by atoms with van der Waals surface area (Å²) in [6, 6.07) is 7.09. The van der Waals surface area contributed by atoms with Crippen molar-refractivity contribution in [2.75, 3.05) is 0 Å². The standard InChI is InChI=1S/C14H17F2N3O/c1-13(2,3)14(15,16)20-8-11-6-4-5-7-12(11)19-10-17-9-18-19/h4-7,9-10H,8H2,1-3H3. The van der Waals surface area contributed by atoms with Gasteiger partial charge in [0.25, 0.3) is 0 Å². The highest BCUT2D eigenvalue weighted by Crippen LogP contribution is 2.37. The van der Waals surface area contributed by atoms with E-state index in [2.05, 4.69) is 10.1 Å². The molecular formula is C14H17F2N3O. The minimum absolute atomic E-state index is 0.194. The van der Waals surface area contributed by atoms with E-state index in [0.717, 1.165) is 0 Å². The van der Waals surface area contributed by atoms with Crippen molar-refractivity contribution in [2.24, 2.45) is 5.41 Å². The highest BCUT2D eigenvalue weighted by Gasteiger charge is 2.44. The van der Waals surface area contributed by atoms with Crippen LogP contribution >= 0.6 is 0 Å². The number of para-hydroxylation sites is 1. The molecule has 0 saturated carbocycles. The molecule has 0 N–H and O–H groups in total. The summed E-state index contributed by atoms with van der Waals surface area (Å²) in [5.74, 6) is 0. The van der Waals surface area contributed by atoms with Crippen LogP contribution in [0, 0.1) is 5.41 Å². The second-order valence-corrected chi connectivity index (χ2v) is 5.52. The molecule has 1 aromatic heterocycles. The van der Waals surface area contributed by atoms with E-state index in [0.29, 0.717) is 11.3 Å². The molecule has 0 aliphatic heterocycles. The van der Waals surface area contributed by atoms with E-state index in [9.17, 15) is 8.78 Å². The van der Waals surface area contributed by atoms with Crippen LogP contribution in [0.15, 0.2) is 36.9 Å². The maximum absolute atomic E-state index is 13.8. The van der Waals surface area contributed by atoms with E-state index in [-0.39, 0.29) is 6.61 Å². The lowest BCUT2D eigenvalue weighted by Gasteiger charge is -2.29. The van der Waals surface area contributed by atoms with E-state index < -0.39 is 11.5 Å². The lowest BCUT2D eigenvalue weighted by molar-refractivity contribution is -0.300. The zero-order valence-corrected chi connectivity index (χ0v) is 11.7. The van der Waals surface area contributed by atoms with Gasteiger partial charge in [-0.3, -0.25) is 0 Å². The van der Waals surface area contributed by atoms with Crippen LogP contribution in [0.2, 0.25) is 0 Å². The van der Waals surface area contributed by atoms with Gasteiger partial charge in [0.05, 0.1) is 17.7 Å². The molecular weight excluding hydrogens is 264 g/mol. The number of ether oxygens (including phenoxy) is 1. The van der Waals surface area contributed by atoms with Gasteiger partial charge in [-0.1, -0.05) is 39.0 Å². The number of hydrogen-bond donors (Lipinski definition) is 0. The predicted molar refractivity (Wildman–Crippen MR) is 70.6 cm³/mol. The largest absolute Gasteiger partial charge is 0.360 e. The molecule has 0 saturated heterocycles. The molecule has 4 nitrogen and oxygen atoms in total. The van der Waals surface area contributed by atoms with Gasteiger partial charge < -0.3 is 4.74 Å². The Bertz CT molecular complexity index is 562. The Balaban J connectivity index is 2.19. The van der Waals surface area contributed by atoms with E-state index in [4.69, 9.17) is 4.74 Å². The summed E-state index contributed by atoms with van der Waals surface area (Å²) >= 11 is 0. The summed E-state index contributed by atoms with van der Waals surface area (Å²) in [4.78, 5) is 3.85. The minimum Gasteiger partial charge on any atom is -0.315 e. The summed E-state index contributed by atoms with van der Waals surface area (Å²) in [5, 5.41) is 4.00. The zero-order chi connectivity index (χ0) is 14.8. The molecule has 2 rings (SSSR count). The second-order valence-electron chi connectivity index (χ2n) is 5.52. The SMILES string of the molecule is CC(C)(C)C(F)(F)OCc1ccccc1-n1cncn1. The van der Waals surface area contributed by atoms with Crippen LogP contribution in [-0.4, -0.2) is 20.9 Å². The summed E-state index contributed by atoms with van der Waals surface area (Å²) < 4.78 is 34.0. The highest BCUT2D eigenvalue weighted by molar-refractivity contribution is 5.39. The van der Waals surface area contributed by atoms with Gasteiger partial charge in [-0.25, -0.2) is 9.67 Å². The topological polar surface area (TPSA) is 39.9 Å². The average Bonchev–Trinajstić information content (AvgIpc) is 2.89. The fourth-order valence-corrected chi connectivity index (χ4v) is 1.57. The number of nitrogens with zero attached hydrogens (tertiary/aromatic N) is 3. The zero-order valence-electron chi connectivity index (χ0n) is 11.7. The number of hydrogen-bond acceptors (Lipinski definition) is 3. The van der Waals surface area contributed by atoms with Gasteiger partial charge in [0.1, 0.15) is 12.7 Å². The molecule has 0 fully saturated rings. The van der Waals surface area contributed by atoms with Crippen LogP contribution < -0.4 is 0 Å². The lowest BCUT2D eigenvalue weighted by atomic mass is 9.95. The molecule has 0 atom stereocenters. The van der Waals surface area contributed by atoms with Crippen molar-refractivity contribution in [2.45, 2.75) is 33.5 Å². The molecule has 108 valence electrons. The Hall–Kier alpha value is -1.82. The summed E-state index contributed by atoms with van der Waals surface area (Å²) in [6.45, 7) is 4.13. The molecule has 0 unspecified atom stereocenters. The van der Waals surface area contributed by atoms with E-state index in [1.165, 1.54) is 38.1 Å². The van der Waals surface area contributed by atoms with Crippen molar-refractivity contribution in [3.05, 3.63) is 42.5 Å². The van der Waals surface area contributed by atoms with Crippen LogP contribution in [0.3, 0.4) is 0 Å². The van der Waals surface area contributed by atoms with Crippen LogP contribution in [0.25, 0.3) is 5.69 Å². The maximum Gasteiger partial charge on any atom is 0.360 e. The number of alkyl halides is 2. The van der Waals surface area contributed by atoms with Crippen molar-refractivity contribution in [3.8, 4) is 5.69 Å². The Labute approximate surface area is 116 Å². The van der Waals surface area contributed by atoms with Crippen LogP contribution in [0.4, 0.5) is 8.78 Å². The fourth-order valence-electron chi connectivity index (χ4n) is 1.57. The normalized spacial score (nSPS) is 12.7. The van der Waals surface area contributed by atoms with Gasteiger partial charge >= 0.3 is 6.11 Å². The smallest absolute Gasteiger partial charge is 0.315 e. The Morgan fingerprint density at radius 1 is 1.20 bits per heavy atom. The average molecular weight is 281 g/mol. The summed E-state index contributed by atoms with van der Waals surface area (Å²) in [6.07, 6.45) is -0.301. The second kappa shape index (κ2) is 5.28. The molecule has 2 aromatic rings. The fraction of sp³-hybridized carbons (Fsp3) is 0.429. The maximum atomic E-state index is 13.8. The molecule has 0 aliphatic carbocycles. The van der Waals surface area contributed by atoms with Gasteiger partial charge in [0.15, 0.2) is 0 Å². The third kappa shape index (κ3) is 3.01. The van der Waals surface area contributed by atoms with Crippen molar-refractivity contribution in [1.29, 1.82) is 0 Å². The van der Waals surface area contributed by atoms with Crippen molar-refractivity contribution < 1.29 is 13.5 Å². The lowest BCUT2D eigenvalue weighted by Crippen LogP contribution is -2.36. The highest BCUT2D eigenvalue weighted by atomic mass is 19.3. The predicted octanol–water partition coefficient (Wildman–Crippen LogP) is 3.42. The quantitative estimate of drug-likeness (QED) is 0.862. The van der Waals surface area contributed by atoms with E-state index in [1.54, 1.807) is 18.2 Å². The Kier molecular flexibility index (Phi) is 3.85. The van der Waals surface area contributed by atoms with Gasteiger partial charge in [0, 0.05) is 5.56 Å². The monoisotopic (exact) mass is 281 g/mol. The summed E-state index contributed by atoms with van der Waals surface area (Å²) in [7, 11) is 0.